The maximum Gasteiger partial charge on any atom is 0.138 e. The van der Waals surface area contributed by atoms with Gasteiger partial charge in [-0.3, -0.25) is 10.1 Å². The Morgan fingerprint density at radius 3 is 2.78 bits per heavy atom. The highest BCUT2D eigenvalue weighted by Gasteiger charge is 2.15. The molecular weight excluding hydrogens is 506 g/mol. The van der Waals surface area contributed by atoms with Crippen LogP contribution >= 0.6 is 0 Å². The minimum Gasteiger partial charge on any atom is -0.358 e. The van der Waals surface area contributed by atoms with E-state index in [9.17, 15) is 0 Å². The van der Waals surface area contributed by atoms with E-state index in [0.29, 0.717) is 5.92 Å². The average molecular weight is 546 g/mol. The minimum absolute atomic E-state index is 0.686. The zero-order valence-electron chi connectivity index (χ0n) is 24.2. The van der Waals surface area contributed by atoms with E-state index >= 15 is 0 Å². The lowest BCUT2D eigenvalue weighted by molar-refractivity contribution is 0.373. The van der Waals surface area contributed by atoms with Gasteiger partial charge in [0.25, 0.3) is 0 Å². The molecule has 0 saturated carbocycles. The number of anilines is 1. The number of nitrogens with one attached hydrogen (secondary N) is 4. The number of hydrogen-bond acceptors (Lipinski definition) is 5. The first-order valence-electron chi connectivity index (χ1n) is 14.3. The second-order valence-electron chi connectivity index (χ2n) is 10.6. The van der Waals surface area contributed by atoms with E-state index in [2.05, 4.69) is 86.2 Å². The molecule has 5 heterocycles. The summed E-state index contributed by atoms with van der Waals surface area (Å²) < 4.78 is 0. The van der Waals surface area contributed by atoms with Crippen LogP contribution in [0.15, 0.2) is 73.4 Å². The van der Waals surface area contributed by atoms with Crippen molar-refractivity contribution in [3.8, 4) is 11.4 Å². The van der Waals surface area contributed by atoms with E-state index in [1.807, 2.05) is 50.7 Å². The second kappa shape index (κ2) is 12.8. The molecule has 7 nitrogen and oxygen atoms in total. The molecular formula is C34H39N7. The number of aromatic nitrogens is 5. The number of piperidine rings is 1. The molecule has 1 aliphatic heterocycles. The highest BCUT2D eigenvalue weighted by atomic mass is 15.1. The molecule has 1 aliphatic rings. The Bertz CT molecular complexity index is 1740. The standard InChI is InChI=1S/C34H39N7/c1-6-8-26(7-2)29-13-16-37-34-30(29)19-32(39-34)33-24(5)31(40-41-33)10-9-22(3)27-18-28(21-36-20-27)38-23(4)17-25-11-14-35-15-12-25/h6-10,13,16,18-21,25,35,38,40H,4-5,11-12,14-15,17H2,1-3H3,(H,37,39)/b8-6-,22-9+,26-7+,31-10+. The summed E-state index contributed by atoms with van der Waals surface area (Å²) in [6.45, 7) is 16.9. The van der Waals surface area contributed by atoms with E-state index in [4.69, 9.17) is 0 Å². The monoisotopic (exact) mass is 545 g/mol. The third-order valence-corrected chi connectivity index (χ3v) is 7.66. The molecule has 0 aliphatic carbocycles. The van der Waals surface area contributed by atoms with Crippen LogP contribution in [0.3, 0.4) is 0 Å². The maximum atomic E-state index is 4.59. The van der Waals surface area contributed by atoms with Gasteiger partial charge in [0.2, 0.25) is 0 Å². The molecule has 41 heavy (non-hydrogen) atoms. The van der Waals surface area contributed by atoms with Gasteiger partial charge in [0.15, 0.2) is 0 Å². The van der Waals surface area contributed by atoms with E-state index in [0.717, 1.165) is 86.2 Å². The van der Waals surface area contributed by atoms with Gasteiger partial charge >= 0.3 is 0 Å². The van der Waals surface area contributed by atoms with Crippen molar-refractivity contribution >= 4 is 40.5 Å². The summed E-state index contributed by atoms with van der Waals surface area (Å²) in [6, 6.07) is 6.26. The van der Waals surface area contributed by atoms with E-state index < -0.39 is 0 Å². The van der Waals surface area contributed by atoms with Gasteiger partial charge in [-0.2, -0.15) is 5.10 Å². The summed E-state index contributed by atoms with van der Waals surface area (Å²) in [7, 11) is 0. The van der Waals surface area contributed by atoms with Crippen molar-refractivity contribution in [2.24, 2.45) is 5.92 Å². The molecule has 0 amide bonds. The number of H-pyrrole nitrogens is 2. The van der Waals surface area contributed by atoms with Crippen molar-refractivity contribution in [3.05, 3.63) is 95.1 Å². The topological polar surface area (TPSA) is 94.3 Å². The Morgan fingerprint density at radius 2 is 2.00 bits per heavy atom. The third kappa shape index (κ3) is 6.47. The van der Waals surface area contributed by atoms with Gasteiger partial charge in [-0.1, -0.05) is 37.5 Å². The van der Waals surface area contributed by atoms with Crippen molar-refractivity contribution in [1.82, 2.24) is 30.5 Å². The molecule has 1 fully saturated rings. The highest BCUT2D eigenvalue weighted by molar-refractivity contribution is 5.95. The van der Waals surface area contributed by atoms with Gasteiger partial charge in [0.1, 0.15) is 11.3 Å². The van der Waals surface area contributed by atoms with Crippen LogP contribution in [0.4, 0.5) is 5.69 Å². The predicted molar refractivity (Wildman–Crippen MR) is 172 cm³/mol. The minimum atomic E-state index is 0.686. The van der Waals surface area contributed by atoms with Crippen LogP contribution in [-0.2, 0) is 0 Å². The van der Waals surface area contributed by atoms with Gasteiger partial charge in [-0.15, -0.1) is 0 Å². The number of allylic oxidation sites excluding steroid dienone is 7. The number of hydrogen-bond donors (Lipinski definition) is 4. The van der Waals surface area contributed by atoms with Gasteiger partial charge in [0.05, 0.1) is 22.9 Å². The Kier molecular flexibility index (Phi) is 8.75. The van der Waals surface area contributed by atoms with Crippen molar-refractivity contribution < 1.29 is 0 Å². The van der Waals surface area contributed by atoms with Crippen LogP contribution in [0.2, 0.25) is 0 Å². The van der Waals surface area contributed by atoms with Crippen LogP contribution in [-0.4, -0.2) is 38.2 Å². The Labute approximate surface area is 241 Å². The molecule has 7 heteroatoms. The zero-order valence-corrected chi connectivity index (χ0v) is 24.2. The number of aromatic amines is 2. The molecule has 4 aromatic rings. The summed E-state index contributed by atoms with van der Waals surface area (Å²) in [5.74, 6) is 0.686. The van der Waals surface area contributed by atoms with Gasteiger partial charge in [0, 0.05) is 28.7 Å². The van der Waals surface area contributed by atoms with Crippen molar-refractivity contribution in [2.75, 3.05) is 18.4 Å². The molecule has 0 atom stereocenters. The summed E-state index contributed by atoms with van der Waals surface area (Å²) in [4.78, 5) is 12.4. The number of pyridine rings is 2. The molecule has 0 aromatic carbocycles. The Balaban J connectivity index is 1.35. The molecule has 4 aromatic heterocycles. The first-order chi connectivity index (χ1) is 20.0. The molecule has 4 N–H and O–H groups in total. The van der Waals surface area contributed by atoms with Crippen LogP contribution in [0.1, 0.15) is 51.2 Å². The number of fused-ring (bicyclic) bond motifs is 1. The largest absolute Gasteiger partial charge is 0.358 e. The van der Waals surface area contributed by atoms with Gasteiger partial charge in [-0.25, -0.2) is 4.98 Å². The second-order valence-corrected chi connectivity index (χ2v) is 10.6. The lowest BCUT2D eigenvalue weighted by Gasteiger charge is -2.23. The number of nitrogens with zero attached hydrogens (tertiary/aromatic N) is 3. The summed E-state index contributed by atoms with van der Waals surface area (Å²) in [5.41, 5.74) is 8.89. The SMILES string of the molecule is C=C(CC1CCNCC1)Nc1cncc(/C(C)=C/C=c2/[nH]nc(-c3cc4c(C(/C=C\C)=C/C)ccnc4[nH]3)c2=C)c1. The van der Waals surface area contributed by atoms with E-state index in [1.54, 1.807) is 0 Å². The molecule has 0 spiro atoms. The number of rotatable bonds is 9. The van der Waals surface area contributed by atoms with E-state index in [1.165, 1.54) is 12.8 Å². The Morgan fingerprint density at radius 1 is 1.17 bits per heavy atom. The van der Waals surface area contributed by atoms with Crippen LogP contribution in [0.5, 0.6) is 0 Å². The summed E-state index contributed by atoms with van der Waals surface area (Å²) >= 11 is 0. The first-order valence-corrected chi connectivity index (χ1v) is 14.3. The molecule has 1 saturated heterocycles. The lowest BCUT2D eigenvalue weighted by Crippen LogP contribution is -2.28. The molecule has 5 rings (SSSR count). The smallest absolute Gasteiger partial charge is 0.138 e. The van der Waals surface area contributed by atoms with Crippen molar-refractivity contribution in [1.29, 1.82) is 0 Å². The third-order valence-electron chi connectivity index (χ3n) is 7.66. The Hall–Kier alpha value is -4.49. The fraction of sp³-hybridized carbons (Fsp3) is 0.265. The quantitative estimate of drug-likeness (QED) is 0.195. The highest BCUT2D eigenvalue weighted by Crippen LogP contribution is 2.28. The molecule has 0 bridgehead atoms. The molecule has 210 valence electrons. The fourth-order valence-corrected chi connectivity index (χ4v) is 5.38. The zero-order chi connectivity index (χ0) is 28.8. The summed E-state index contributed by atoms with van der Waals surface area (Å²) in [6.07, 6.45) is 19.3. The molecule has 0 unspecified atom stereocenters. The van der Waals surface area contributed by atoms with Crippen LogP contribution < -0.4 is 21.2 Å². The predicted octanol–water partition coefficient (Wildman–Crippen LogP) is 5.94. The van der Waals surface area contributed by atoms with Crippen LogP contribution in [0, 0.1) is 5.92 Å². The normalized spacial score (nSPS) is 15.7. The van der Waals surface area contributed by atoms with Crippen molar-refractivity contribution in [2.45, 2.75) is 40.0 Å². The average Bonchev–Trinajstić information content (AvgIpc) is 3.58. The lowest BCUT2D eigenvalue weighted by atomic mass is 9.93. The van der Waals surface area contributed by atoms with Crippen LogP contribution in [0.25, 0.3) is 46.2 Å². The summed E-state index contributed by atoms with van der Waals surface area (Å²) in [5, 5.41) is 17.4. The van der Waals surface area contributed by atoms with Gasteiger partial charge in [-0.05, 0) is 106 Å². The van der Waals surface area contributed by atoms with Gasteiger partial charge < -0.3 is 15.6 Å². The molecule has 0 radical (unpaired) electrons. The first kappa shape index (κ1) is 28.1. The van der Waals surface area contributed by atoms with Crippen molar-refractivity contribution in [3.63, 3.8) is 0 Å². The maximum absolute atomic E-state index is 4.59. The van der Waals surface area contributed by atoms with E-state index in [-0.39, 0.29) is 0 Å². The fourth-order valence-electron chi connectivity index (χ4n) is 5.38.